The Bertz CT molecular complexity index is 3650. The summed E-state index contributed by atoms with van der Waals surface area (Å²) in [4.78, 5) is 64.6. The summed E-state index contributed by atoms with van der Waals surface area (Å²) in [7, 11) is -4.37. The second kappa shape index (κ2) is 24.2. The van der Waals surface area contributed by atoms with Gasteiger partial charge < -0.3 is 39.5 Å². The summed E-state index contributed by atoms with van der Waals surface area (Å²) >= 11 is 1.58. The molecule has 4 aliphatic rings. The molecular formula is C61H70F3N11O7S2. The molecule has 4 fully saturated rings. The Morgan fingerprint density at radius 3 is 2.26 bits per heavy atom. The number of piperazine rings is 1. The van der Waals surface area contributed by atoms with Gasteiger partial charge in [0, 0.05) is 119 Å². The zero-order chi connectivity index (χ0) is 59.2. The highest BCUT2D eigenvalue weighted by Gasteiger charge is 2.48. The molecule has 2 amide bonds. The fourth-order valence-electron chi connectivity index (χ4n) is 12.6. The monoisotopic (exact) mass is 1190 g/mol. The lowest BCUT2D eigenvalue weighted by Crippen LogP contribution is -2.54. The van der Waals surface area contributed by atoms with Gasteiger partial charge in [0.2, 0.25) is 17.6 Å². The van der Waals surface area contributed by atoms with Crippen molar-refractivity contribution in [2.75, 3.05) is 81.6 Å². The highest BCUT2D eigenvalue weighted by atomic mass is 32.2. The van der Waals surface area contributed by atoms with Gasteiger partial charge in [-0.3, -0.25) is 19.1 Å². The van der Waals surface area contributed by atoms with Gasteiger partial charge >= 0.3 is 10.2 Å². The minimum Gasteiger partial charge on any atom is -0.391 e. The van der Waals surface area contributed by atoms with E-state index in [9.17, 15) is 32.3 Å². The fourth-order valence-corrected chi connectivity index (χ4v) is 14.6. The average Bonchev–Trinajstić information content (AvgIpc) is 2.52. The summed E-state index contributed by atoms with van der Waals surface area (Å²) in [5.74, 6) is -3.95. The van der Waals surface area contributed by atoms with Crippen LogP contribution in [0.5, 0.6) is 0 Å². The first-order valence-electron chi connectivity index (χ1n) is 28.6. The van der Waals surface area contributed by atoms with Crippen LogP contribution in [0, 0.1) is 36.8 Å². The molecule has 2 unspecified atom stereocenters. The van der Waals surface area contributed by atoms with Gasteiger partial charge in [-0.05, 0) is 98.4 Å². The van der Waals surface area contributed by atoms with E-state index in [2.05, 4.69) is 70.8 Å². The van der Waals surface area contributed by atoms with Crippen molar-refractivity contribution in [3.8, 4) is 21.6 Å². The third-order valence-electron chi connectivity index (χ3n) is 17.2. The number of rotatable bonds is 18. The number of aliphatic hydroxyl groups is 1. The van der Waals surface area contributed by atoms with E-state index >= 15 is 8.78 Å². The number of benzene rings is 3. The number of β-amino-alcohol motifs (C(OH)–C–C–N with tert-alkyl or cyclic N) is 1. The zero-order valence-electron chi connectivity index (χ0n) is 47.7. The summed E-state index contributed by atoms with van der Waals surface area (Å²) in [5, 5.41) is 18.6. The van der Waals surface area contributed by atoms with Crippen LogP contribution in [-0.2, 0) is 19.8 Å². The molecule has 8 heterocycles. The van der Waals surface area contributed by atoms with Gasteiger partial charge in [-0.2, -0.15) is 12.7 Å². The second-order valence-electron chi connectivity index (χ2n) is 23.6. The third-order valence-corrected chi connectivity index (χ3v) is 19.6. The van der Waals surface area contributed by atoms with Crippen molar-refractivity contribution in [1.82, 2.24) is 44.4 Å². The van der Waals surface area contributed by atoms with Crippen LogP contribution in [0.3, 0.4) is 0 Å². The molecule has 0 bridgehead atoms. The van der Waals surface area contributed by atoms with Gasteiger partial charge in [-0.25, -0.2) is 23.1 Å². The predicted octanol–water partition coefficient (Wildman–Crippen LogP) is 8.65. The number of aryl methyl sites for hydroxylation is 2. The lowest BCUT2D eigenvalue weighted by molar-refractivity contribution is -0.143. The van der Waals surface area contributed by atoms with Crippen LogP contribution in [0.15, 0.2) is 95.2 Å². The second-order valence-corrected chi connectivity index (χ2v) is 26.2. The number of anilines is 2. The number of carbonyl (C=O) groups is 3. The molecule has 84 heavy (non-hydrogen) atoms. The van der Waals surface area contributed by atoms with Crippen molar-refractivity contribution in [3.05, 3.63) is 136 Å². The first-order valence-corrected chi connectivity index (χ1v) is 31.0. The molecule has 11 rings (SSSR count). The number of aromatic amines is 1. The topological polar surface area (TPSA) is 213 Å². The molecule has 3 aromatic carbocycles. The number of thiazole rings is 1. The third kappa shape index (κ3) is 12.4. The number of halogens is 3. The number of ketones is 1. The highest BCUT2D eigenvalue weighted by Crippen LogP contribution is 2.41. The molecule has 444 valence electrons. The van der Waals surface area contributed by atoms with Crippen LogP contribution >= 0.6 is 11.3 Å². The van der Waals surface area contributed by atoms with E-state index in [0.29, 0.717) is 40.5 Å². The fraction of sp³-hybridized carbons (Fsp3) is 0.443. The molecule has 7 aromatic rings. The minimum atomic E-state index is -4.37. The van der Waals surface area contributed by atoms with E-state index in [0.717, 1.165) is 108 Å². The number of nitrogens with zero attached hydrogens (tertiary/aromatic N) is 8. The van der Waals surface area contributed by atoms with Gasteiger partial charge in [0.05, 0.1) is 45.2 Å². The number of nitrogens with one attached hydrogen (secondary N) is 3. The molecule has 4 N–H and O–H groups in total. The lowest BCUT2D eigenvalue weighted by Gasteiger charge is -2.43. The number of hydrogen-bond acceptors (Lipinski definition) is 14. The van der Waals surface area contributed by atoms with E-state index in [1.54, 1.807) is 29.7 Å². The van der Waals surface area contributed by atoms with Crippen LogP contribution in [-0.4, -0.2) is 161 Å². The van der Waals surface area contributed by atoms with Crippen LogP contribution in [0.25, 0.3) is 32.6 Å². The number of pyridine rings is 1. The summed E-state index contributed by atoms with van der Waals surface area (Å²) in [6.45, 7) is 16.2. The van der Waals surface area contributed by atoms with E-state index < -0.39 is 75.1 Å². The van der Waals surface area contributed by atoms with Gasteiger partial charge in [0.25, 0.3) is 0 Å². The normalized spacial score (nSPS) is 20.4. The maximum atomic E-state index is 15.9. The number of aromatic nitrogens is 4. The largest absolute Gasteiger partial charge is 0.391 e. The zero-order valence-corrected chi connectivity index (χ0v) is 49.3. The molecule has 0 saturated carbocycles. The van der Waals surface area contributed by atoms with Gasteiger partial charge in [-0.15, -0.1) is 11.3 Å². The van der Waals surface area contributed by atoms with E-state index in [4.69, 9.17) is 4.52 Å². The Kier molecular flexibility index (Phi) is 16.9. The van der Waals surface area contributed by atoms with Crippen LogP contribution in [0.1, 0.15) is 97.0 Å². The molecule has 23 heteroatoms. The van der Waals surface area contributed by atoms with Crippen molar-refractivity contribution in [2.45, 2.75) is 90.6 Å². The van der Waals surface area contributed by atoms with E-state index in [1.165, 1.54) is 11.1 Å². The molecule has 0 radical (unpaired) electrons. The Hall–Kier alpha value is -7.02. The number of carbonyl (C=O) groups excluding carboxylic acids is 3. The lowest BCUT2D eigenvalue weighted by atomic mass is 9.75. The minimum absolute atomic E-state index is 0.00283. The highest BCUT2D eigenvalue weighted by molar-refractivity contribution is 7.90. The quantitative estimate of drug-likeness (QED) is 0.0593. The van der Waals surface area contributed by atoms with Gasteiger partial charge in [-0.1, -0.05) is 55.4 Å². The Balaban J connectivity index is 0.672. The SMILES string of the molecule is Cc1cc(C(C(=O)N2C[C@H](O)C[C@H]2C(=O)NC(C)c2ccc(-c3scnc3C)cc2)C(C)(C)CN2CCN(CC3CCN(c4ccc(-c5cnc6[nH]cc(C(=O)c7c(F)ccc(NS(=O)(=O)N8CC[C@@H](F)C8)c7F)c6c5)cc4)CC3)CC2)on1. The Labute approximate surface area is 490 Å². The Morgan fingerprint density at radius 1 is 0.881 bits per heavy atom. The maximum absolute atomic E-state index is 15.9. The predicted molar refractivity (Wildman–Crippen MR) is 315 cm³/mol. The van der Waals surface area contributed by atoms with Crippen molar-refractivity contribution >= 4 is 61.6 Å². The first kappa shape index (κ1) is 58.7. The molecule has 4 aromatic heterocycles. The number of amides is 2. The van der Waals surface area contributed by atoms with E-state index in [-0.39, 0.29) is 49.4 Å². The Morgan fingerprint density at radius 2 is 1.60 bits per heavy atom. The van der Waals surface area contributed by atoms with Gasteiger partial charge in [0.1, 0.15) is 35.4 Å². The summed E-state index contributed by atoms with van der Waals surface area (Å²) in [6.07, 6.45) is 2.94. The summed E-state index contributed by atoms with van der Waals surface area (Å²) < 4.78 is 79.4. The van der Waals surface area contributed by atoms with Crippen LogP contribution in [0.4, 0.5) is 24.5 Å². The molecular weight excluding hydrogens is 1120 g/mol. The van der Waals surface area contributed by atoms with Crippen LogP contribution in [0.2, 0.25) is 0 Å². The van der Waals surface area contributed by atoms with Crippen molar-refractivity contribution in [3.63, 3.8) is 0 Å². The van der Waals surface area contributed by atoms with Crippen LogP contribution < -0.4 is 14.9 Å². The van der Waals surface area contributed by atoms with Crippen molar-refractivity contribution in [1.29, 1.82) is 0 Å². The van der Waals surface area contributed by atoms with Crippen molar-refractivity contribution < 1.29 is 45.6 Å². The maximum Gasteiger partial charge on any atom is 0.301 e. The van der Waals surface area contributed by atoms with E-state index in [1.807, 2.05) is 62.7 Å². The number of piperidine rings is 1. The molecule has 5 atom stereocenters. The van der Waals surface area contributed by atoms with Gasteiger partial charge in [0.15, 0.2) is 5.82 Å². The smallest absolute Gasteiger partial charge is 0.301 e. The molecule has 0 aliphatic carbocycles. The van der Waals surface area contributed by atoms with Crippen molar-refractivity contribution in [2.24, 2.45) is 11.3 Å². The summed E-state index contributed by atoms with van der Waals surface area (Å²) in [5.41, 5.74) is 6.04. The standard InChI is InChI=1S/C61H70F3N11O7S2/c1-36-26-52(82-69-36)54(60(79)75-33-46(76)28-51(75)59(78)68-37(2)40-6-8-42(9-7-40)57-38(3)67-35-83-57)61(4,5)34-72-24-22-71(23-25-72)31-39-16-19-73(20-17-39)45-12-10-41(11-13-45)43-27-47-48(30-66-58(47)65-29-43)56(77)53-49(63)14-15-50(55(53)64)70-84(80,81)74-21-18-44(62)32-74/h6-15,26-27,29-30,35,37,39,44,46,51,54,70,76H,16-25,28,31-34H2,1-5H3,(H,65,66)(H,68,78)/t37?,44-,46-,51+,54?/m1/s1. The molecule has 4 aliphatic heterocycles. The number of hydrogen-bond donors (Lipinski definition) is 4. The number of fused-ring (bicyclic) bond motifs is 1. The first-order chi connectivity index (χ1) is 40.2. The average molecular weight is 1190 g/mol. The number of aliphatic hydroxyl groups excluding tert-OH is 1. The summed E-state index contributed by atoms with van der Waals surface area (Å²) in [6, 6.07) is 20.1. The number of alkyl halides is 1. The number of likely N-dealkylation sites (tertiary alicyclic amines) is 1. The number of H-pyrrole nitrogens is 1. The molecule has 18 nitrogen and oxygen atoms in total. The molecule has 4 saturated heterocycles. The molecule has 0 spiro atoms.